The molecule has 3 heteroatoms. The molecule has 0 saturated carbocycles. The van der Waals surface area contributed by atoms with E-state index in [9.17, 15) is 4.21 Å². The largest absolute Gasteiger partial charge is 0.237 e. The summed E-state index contributed by atoms with van der Waals surface area (Å²) >= 11 is 0. The molecule has 1 saturated heterocycles. The lowest BCUT2D eigenvalue weighted by molar-refractivity contribution is 0.536. The Hall–Kier alpha value is -0.670. The van der Waals surface area contributed by atoms with Gasteiger partial charge in [-0.2, -0.15) is 0 Å². The van der Waals surface area contributed by atoms with Gasteiger partial charge in [-0.1, -0.05) is 26.0 Å². The highest BCUT2D eigenvalue weighted by Gasteiger charge is 2.19. The highest BCUT2D eigenvalue weighted by Crippen LogP contribution is 2.20. The molecular formula is C13H19NOS. The van der Waals surface area contributed by atoms with E-state index in [-0.39, 0.29) is 0 Å². The second kappa shape index (κ2) is 5.11. The number of hydrogen-bond donors (Lipinski definition) is 0. The zero-order valence-corrected chi connectivity index (χ0v) is 10.8. The maximum Gasteiger partial charge on any atom is 0.127 e. The van der Waals surface area contributed by atoms with Crippen molar-refractivity contribution in [3.05, 3.63) is 29.8 Å². The van der Waals surface area contributed by atoms with Crippen molar-refractivity contribution in [1.29, 1.82) is 0 Å². The fraction of sp³-hybridized carbons (Fsp3) is 0.538. The minimum Gasteiger partial charge on any atom is -0.237 e. The standard InChI is InChI=1S/C13H19NOS/c1-11(2)12-5-7-13(8-6-12)16(15)14-9-3-4-10-14/h5-8,11H,3-4,9-10H2,1-2H3. The van der Waals surface area contributed by atoms with Gasteiger partial charge in [0.05, 0.1) is 4.90 Å². The van der Waals surface area contributed by atoms with Crippen LogP contribution in [0.15, 0.2) is 29.2 Å². The lowest BCUT2D eigenvalue weighted by Crippen LogP contribution is -2.21. The summed E-state index contributed by atoms with van der Waals surface area (Å²) in [6.07, 6.45) is 2.35. The highest BCUT2D eigenvalue weighted by molar-refractivity contribution is 7.82. The molecule has 0 radical (unpaired) electrons. The lowest BCUT2D eigenvalue weighted by atomic mass is 10.0. The van der Waals surface area contributed by atoms with Gasteiger partial charge in [-0.15, -0.1) is 0 Å². The molecule has 1 fully saturated rings. The topological polar surface area (TPSA) is 20.3 Å². The summed E-state index contributed by atoms with van der Waals surface area (Å²) in [5.74, 6) is 0.536. The average Bonchev–Trinajstić information content (AvgIpc) is 2.81. The van der Waals surface area contributed by atoms with Crippen LogP contribution in [0, 0.1) is 0 Å². The Labute approximate surface area is 100 Å². The van der Waals surface area contributed by atoms with Crippen LogP contribution < -0.4 is 0 Å². The van der Waals surface area contributed by atoms with Crippen molar-refractivity contribution >= 4 is 11.0 Å². The number of rotatable bonds is 3. The van der Waals surface area contributed by atoms with Crippen LogP contribution in [0.1, 0.15) is 38.2 Å². The van der Waals surface area contributed by atoms with Crippen LogP contribution in [-0.4, -0.2) is 21.6 Å². The van der Waals surface area contributed by atoms with Gasteiger partial charge >= 0.3 is 0 Å². The summed E-state index contributed by atoms with van der Waals surface area (Å²) in [6, 6.07) is 8.19. The Balaban J connectivity index is 2.11. The van der Waals surface area contributed by atoms with Gasteiger partial charge in [0.1, 0.15) is 11.0 Å². The molecule has 1 heterocycles. The van der Waals surface area contributed by atoms with E-state index in [4.69, 9.17) is 0 Å². The fourth-order valence-electron chi connectivity index (χ4n) is 1.97. The van der Waals surface area contributed by atoms with Gasteiger partial charge in [-0.25, -0.2) is 8.51 Å². The first-order chi connectivity index (χ1) is 7.68. The summed E-state index contributed by atoms with van der Waals surface area (Å²) in [5.41, 5.74) is 1.31. The van der Waals surface area contributed by atoms with Gasteiger partial charge in [-0.3, -0.25) is 0 Å². The molecule has 1 aliphatic heterocycles. The van der Waals surface area contributed by atoms with Crippen LogP contribution in [0.25, 0.3) is 0 Å². The van der Waals surface area contributed by atoms with Gasteiger partial charge < -0.3 is 0 Å². The van der Waals surface area contributed by atoms with Gasteiger partial charge in [-0.05, 0) is 36.5 Å². The normalized spacial score (nSPS) is 19.2. The van der Waals surface area contributed by atoms with Crippen molar-refractivity contribution in [2.75, 3.05) is 13.1 Å². The Kier molecular flexibility index (Phi) is 3.77. The second-order valence-corrected chi connectivity index (χ2v) is 6.10. The predicted octanol–water partition coefficient (Wildman–Crippen LogP) is 2.93. The maximum atomic E-state index is 12.2. The van der Waals surface area contributed by atoms with Crippen molar-refractivity contribution in [2.45, 2.75) is 37.5 Å². The summed E-state index contributed by atoms with van der Waals surface area (Å²) in [6.45, 7) is 6.29. The van der Waals surface area contributed by atoms with Crippen LogP contribution in [0.2, 0.25) is 0 Å². The summed E-state index contributed by atoms with van der Waals surface area (Å²) < 4.78 is 14.2. The first-order valence-corrected chi connectivity index (χ1v) is 7.06. The third kappa shape index (κ3) is 2.53. The zero-order chi connectivity index (χ0) is 11.5. The van der Waals surface area contributed by atoms with E-state index in [1.165, 1.54) is 18.4 Å². The minimum atomic E-state index is -0.947. The molecule has 0 amide bonds. The second-order valence-electron chi connectivity index (χ2n) is 4.61. The van der Waals surface area contributed by atoms with E-state index in [0.29, 0.717) is 5.92 Å². The molecule has 0 N–H and O–H groups in total. The van der Waals surface area contributed by atoms with Crippen LogP contribution in [0.5, 0.6) is 0 Å². The predicted molar refractivity (Wildman–Crippen MR) is 67.7 cm³/mol. The van der Waals surface area contributed by atoms with Crippen molar-refractivity contribution in [3.8, 4) is 0 Å². The van der Waals surface area contributed by atoms with Crippen molar-refractivity contribution in [2.24, 2.45) is 0 Å². The molecule has 1 aromatic rings. The first kappa shape index (κ1) is 11.8. The third-order valence-corrected chi connectivity index (χ3v) is 4.56. The molecule has 1 aromatic carbocycles. The van der Waals surface area contributed by atoms with Crippen molar-refractivity contribution in [3.63, 3.8) is 0 Å². The Bertz CT molecular complexity index is 366. The van der Waals surface area contributed by atoms with Crippen molar-refractivity contribution in [1.82, 2.24) is 4.31 Å². The van der Waals surface area contributed by atoms with Gasteiger partial charge in [0, 0.05) is 13.1 Å². The number of hydrogen-bond acceptors (Lipinski definition) is 1. The van der Waals surface area contributed by atoms with E-state index in [1.54, 1.807) is 0 Å². The molecule has 0 bridgehead atoms. The molecular weight excluding hydrogens is 218 g/mol. The van der Waals surface area contributed by atoms with E-state index in [1.807, 2.05) is 12.1 Å². The number of nitrogens with zero attached hydrogens (tertiary/aromatic N) is 1. The van der Waals surface area contributed by atoms with E-state index >= 15 is 0 Å². The van der Waals surface area contributed by atoms with Crippen LogP contribution >= 0.6 is 0 Å². The molecule has 1 atom stereocenters. The third-order valence-electron chi connectivity index (χ3n) is 3.05. The van der Waals surface area contributed by atoms with E-state index in [2.05, 4.69) is 30.3 Å². The molecule has 0 spiro atoms. The fourth-order valence-corrected chi connectivity index (χ4v) is 3.23. The smallest absolute Gasteiger partial charge is 0.127 e. The molecule has 88 valence electrons. The van der Waals surface area contributed by atoms with Gasteiger partial charge in [0.25, 0.3) is 0 Å². The Morgan fingerprint density at radius 2 is 1.69 bits per heavy atom. The highest BCUT2D eigenvalue weighted by atomic mass is 32.2. The maximum absolute atomic E-state index is 12.2. The molecule has 1 unspecified atom stereocenters. The monoisotopic (exact) mass is 237 g/mol. The zero-order valence-electron chi connectivity index (χ0n) is 9.98. The minimum absolute atomic E-state index is 0.536. The molecule has 2 rings (SSSR count). The summed E-state index contributed by atoms with van der Waals surface area (Å²) in [5, 5.41) is 0. The summed E-state index contributed by atoms with van der Waals surface area (Å²) in [7, 11) is -0.947. The molecule has 0 aliphatic carbocycles. The molecule has 0 aromatic heterocycles. The SMILES string of the molecule is CC(C)c1ccc(S(=O)N2CCCC2)cc1. The number of benzene rings is 1. The van der Waals surface area contributed by atoms with Crippen molar-refractivity contribution < 1.29 is 4.21 Å². The van der Waals surface area contributed by atoms with Crippen LogP contribution in [0.4, 0.5) is 0 Å². The van der Waals surface area contributed by atoms with Gasteiger partial charge in [0.2, 0.25) is 0 Å². The van der Waals surface area contributed by atoms with E-state index < -0.39 is 11.0 Å². The summed E-state index contributed by atoms with van der Waals surface area (Å²) in [4.78, 5) is 0.936. The average molecular weight is 237 g/mol. The van der Waals surface area contributed by atoms with Crippen LogP contribution in [0.3, 0.4) is 0 Å². The molecule has 1 aliphatic rings. The first-order valence-electron chi connectivity index (χ1n) is 5.95. The quantitative estimate of drug-likeness (QED) is 0.791. The van der Waals surface area contributed by atoms with E-state index in [0.717, 1.165) is 18.0 Å². The molecule has 2 nitrogen and oxygen atoms in total. The Morgan fingerprint density at radius 3 is 2.19 bits per heavy atom. The molecule has 16 heavy (non-hydrogen) atoms. The van der Waals surface area contributed by atoms with Crippen LogP contribution in [-0.2, 0) is 11.0 Å². The lowest BCUT2D eigenvalue weighted by Gasteiger charge is -2.14. The van der Waals surface area contributed by atoms with Gasteiger partial charge in [0.15, 0.2) is 0 Å². The Morgan fingerprint density at radius 1 is 1.12 bits per heavy atom.